The molecule has 1 saturated heterocycles. The lowest BCUT2D eigenvalue weighted by molar-refractivity contribution is -0.0505. The maximum Gasteiger partial charge on any atom is 0.387 e. The van der Waals surface area contributed by atoms with Crippen LogP contribution in [0.2, 0.25) is 0 Å². The van der Waals surface area contributed by atoms with Gasteiger partial charge in [-0.2, -0.15) is 8.78 Å². The molecule has 0 amide bonds. The number of ether oxygens (including phenoxy) is 3. The van der Waals surface area contributed by atoms with Crippen molar-refractivity contribution in [3.63, 3.8) is 0 Å². The minimum absolute atomic E-state index is 0. The second-order valence-corrected chi connectivity index (χ2v) is 8.47. The SMILES string of the molecule is CCNC(=NCc1cc2c(cc1OC(F)F)OCO2)NCCN1CCCS1(=O)=O.I. The first-order valence-corrected chi connectivity index (χ1v) is 10.9. The third kappa shape index (κ3) is 6.44. The Morgan fingerprint density at radius 2 is 2.03 bits per heavy atom. The van der Waals surface area contributed by atoms with Crippen LogP contribution in [0.25, 0.3) is 0 Å². The Labute approximate surface area is 191 Å². The Hall–Kier alpha value is -1.61. The first-order valence-electron chi connectivity index (χ1n) is 9.26. The molecule has 170 valence electrons. The molecule has 0 aliphatic carbocycles. The lowest BCUT2D eigenvalue weighted by Crippen LogP contribution is -2.42. The first kappa shape index (κ1) is 24.7. The highest BCUT2D eigenvalue weighted by Gasteiger charge is 2.27. The van der Waals surface area contributed by atoms with Gasteiger partial charge >= 0.3 is 6.61 Å². The average Bonchev–Trinajstić information content (AvgIpc) is 3.24. The molecule has 30 heavy (non-hydrogen) atoms. The van der Waals surface area contributed by atoms with E-state index in [0.717, 1.165) is 0 Å². The Kier molecular flexibility index (Phi) is 9.15. The normalized spacial score (nSPS) is 17.7. The van der Waals surface area contributed by atoms with Gasteiger partial charge in [-0.05, 0) is 19.4 Å². The van der Waals surface area contributed by atoms with Gasteiger partial charge in [-0.3, -0.25) is 0 Å². The highest BCUT2D eigenvalue weighted by molar-refractivity contribution is 14.0. The summed E-state index contributed by atoms with van der Waals surface area (Å²) in [5, 5.41) is 6.09. The van der Waals surface area contributed by atoms with Gasteiger partial charge in [-0.15, -0.1) is 24.0 Å². The molecule has 3 rings (SSSR count). The van der Waals surface area contributed by atoms with E-state index in [1.54, 1.807) is 6.07 Å². The largest absolute Gasteiger partial charge is 0.454 e. The molecule has 0 aromatic heterocycles. The number of nitrogens with zero attached hydrogens (tertiary/aromatic N) is 2. The zero-order chi connectivity index (χ0) is 20.9. The smallest absolute Gasteiger partial charge is 0.387 e. The van der Waals surface area contributed by atoms with Gasteiger partial charge in [0.1, 0.15) is 5.75 Å². The number of halogens is 3. The molecule has 0 radical (unpaired) electrons. The van der Waals surface area contributed by atoms with E-state index in [2.05, 4.69) is 20.4 Å². The Morgan fingerprint density at radius 3 is 2.67 bits per heavy atom. The minimum Gasteiger partial charge on any atom is -0.454 e. The molecule has 2 aliphatic rings. The molecule has 0 saturated carbocycles. The maximum atomic E-state index is 12.7. The molecule has 0 atom stereocenters. The van der Waals surface area contributed by atoms with Crippen molar-refractivity contribution < 1.29 is 31.4 Å². The van der Waals surface area contributed by atoms with Crippen LogP contribution in [0.1, 0.15) is 18.9 Å². The number of sulfonamides is 1. The van der Waals surface area contributed by atoms with Gasteiger partial charge in [0.05, 0.1) is 12.3 Å². The lowest BCUT2D eigenvalue weighted by Gasteiger charge is -2.17. The molecule has 0 spiro atoms. The van der Waals surface area contributed by atoms with Gasteiger partial charge in [0, 0.05) is 37.8 Å². The van der Waals surface area contributed by atoms with Crippen LogP contribution in [0, 0.1) is 0 Å². The van der Waals surface area contributed by atoms with Crippen molar-refractivity contribution in [2.45, 2.75) is 26.5 Å². The minimum atomic E-state index is -3.16. The summed E-state index contributed by atoms with van der Waals surface area (Å²) in [6, 6.07) is 2.92. The average molecular weight is 562 g/mol. The fourth-order valence-electron chi connectivity index (χ4n) is 3.04. The third-order valence-electron chi connectivity index (χ3n) is 4.38. The van der Waals surface area contributed by atoms with Gasteiger partial charge < -0.3 is 24.8 Å². The van der Waals surface area contributed by atoms with E-state index in [-0.39, 0.29) is 48.8 Å². The van der Waals surface area contributed by atoms with Crippen molar-refractivity contribution in [3.05, 3.63) is 17.7 Å². The van der Waals surface area contributed by atoms with Crippen LogP contribution < -0.4 is 24.8 Å². The van der Waals surface area contributed by atoms with Crippen molar-refractivity contribution in [2.24, 2.45) is 4.99 Å². The number of hydrogen-bond donors (Lipinski definition) is 2. The predicted molar refractivity (Wildman–Crippen MR) is 117 cm³/mol. The highest BCUT2D eigenvalue weighted by Crippen LogP contribution is 2.39. The quantitative estimate of drug-likeness (QED) is 0.283. The second-order valence-electron chi connectivity index (χ2n) is 6.38. The Bertz CT molecular complexity index is 857. The van der Waals surface area contributed by atoms with E-state index in [4.69, 9.17) is 9.47 Å². The molecule has 13 heteroatoms. The van der Waals surface area contributed by atoms with Crippen molar-refractivity contribution in [1.82, 2.24) is 14.9 Å². The monoisotopic (exact) mass is 562 g/mol. The summed E-state index contributed by atoms with van der Waals surface area (Å²) in [4.78, 5) is 4.38. The van der Waals surface area contributed by atoms with Gasteiger partial charge in [-0.1, -0.05) is 0 Å². The zero-order valence-electron chi connectivity index (χ0n) is 16.4. The summed E-state index contributed by atoms with van der Waals surface area (Å²) in [6.07, 6.45) is 0.632. The Balaban J connectivity index is 0.00000320. The van der Waals surface area contributed by atoms with E-state index in [9.17, 15) is 17.2 Å². The van der Waals surface area contributed by atoms with Crippen LogP contribution in [0.15, 0.2) is 17.1 Å². The molecule has 0 unspecified atom stereocenters. The van der Waals surface area contributed by atoms with Crippen LogP contribution in [-0.2, 0) is 16.6 Å². The lowest BCUT2D eigenvalue weighted by atomic mass is 10.1. The summed E-state index contributed by atoms with van der Waals surface area (Å²) >= 11 is 0. The molecule has 1 aromatic carbocycles. The van der Waals surface area contributed by atoms with Crippen LogP contribution in [0.4, 0.5) is 8.78 Å². The van der Waals surface area contributed by atoms with Crippen molar-refractivity contribution in [2.75, 3.05) is 38.7 Å². The van der Waals surface area contributed by atoms with Crippen molar-refractivity contribution in [1.29, 1.82) is 0 Å². The number of alkyl halides is 2. The fraction of sp³-hybridized carbons (Fsp3) is 0.588. The highest BCUT2D eigenvalue weighted by atomic mass is 127. The van der Waals surface area contributed by atoms with Gasteiger partial charge in [0.15, 0.2) is 17.5 Å². The van der Waals surface area contributed by atoms with E-state index in [1.807, 2.05) is 6.92 Å². The van der Waals surface area contributed by atoms with Crippen LogP contribution in [-0.4, -0.2) is 64.0 Å². The van der Waals surface area contributed by atoms with Gasteiger partial charge in [-0.25, -0.2) is 17.7 Å². The van der Waals surface area contributed by atoms with Gasteiger partial charge in [0.25, 0.3) is 0 Å². The molecule has 9 nitrogen and oxygen atoms in total. The number of nitrogens with one attached hydrogen (secondary N) is 2. The third-order valence-corrected chi connectivity index (χ3v) is 6.34. The summed E-state index contributed by atoms with van der Waals surface area (Å²) in [5.41, 5.74) is 0.411. The molecule has 2 N–H and O–H groups in total. The fourth-order valence-corrected chi connectivity index (χ4v) is 4.57. The first-order chi connectivity index (χ1) is 13.9. The standard InChI is InChI=1S/C17H24F2N4O5S.HI/c1-2-20-17(21-4-6-23-5-3-7-29(23,24)25)22-10-12-8-14-15(27-11-26-14)9-13(12)28-16(18)19;/h8-9,16H,2-7,10-11H2,1H3,(H2,20,21,22);1H. The number of fused-ring (bicyclic) bond motifs is 1. The van der Waals surface area contributed by atoms with E-state index < -0.39 is 16.6 Å². The predicted octanol–water partition coefficient (Wildman–Crippen LogP) is 1.73. The Morgan fingerprint density at radius 1 is 1.30 bits per heavy atom. The summed E-state index contributed by atoms with van der Waals surface area (Å²) in [7, 11) is -3.16. The van der Waals surface area contributed by atoms with Crippen molar-refractivity contribution in [3.8, 4) is 17.2 Å². The number of rotatable bonds is 8. The summed E-state index contributed by atoms with van der Waals surface area (Å²) in [5.74, 6) is 1.36. The van der Waals surface area contributed by atoms with E-state index in [0.29, 0.717) is 55.6 Å². The maximum absolute atomic E-state index is 12.7. The zero-order valence-corrected chi connectivity index (χ0v) is 19.5. The van der Waals surface area contributed by atoms with Crippen LogP contribution in [0.3, 0.4) is 0 Å². The van der Waals surface area contributed by atoms with Crippen LogP contribution in [0.5, 0.6) is 17.2 Å². The molecule has 2 heterocycles. The van der Waals surface area contributed by atoms with Crippen molar-refractivity contribution >= 4 is 40.0 Å². The van der Waals surface area contributed by atoms with E-state index in [1.165, 1.54) is 10.4 Å². The molecular formula is C17H25F2IN4O5S. The molecule has 1 aromatic rings. The number of hydrogen-bond acceptors (Lipinski definition) is 6. The second kappa shape index (κ2) is 11.1. The number of aliphatic imine (C=N–C) groups is 1. The molecular weight excluding hydrogens is 537 g/mol. The van der Waals surface area contributed by atoms with E-state index >= 15 is 0 Å². The van der Waals surface area contributed by atoms with Gasteiger partial charge in [0.2, 0.25) is 16.8 Å². The van der Waals surface area contributed by atoms with Crippen LogP contribution >= 0.6 is 24.0 Å². The number of benzene rings is 1. The molecule has 2 aliphatic heterocycles. The number of guanidine groups is 1. The summed E-state index contributed by atoms with van der Waals surface area (Å²) < 4.78 is 65.7. The topological polar surface area (TPSA) is 101 Å². The molecule has 0 bridgehead atoms. The summed E-state index contributed by atoms with van der Waals surface area (Å²) in [6.45, 7) is 0.762. The molecule has 1 fully saturated rings.